The molecule has 0 amide bonds. The molecule has 1 aliphatic carbocycles. The average Bonchev–Trinajstić information content (AvgIpc) is 3.12. The summed E-state index contributed by atoms with van der Waals surface area (Å²) in [5, 5.41) is 3.67. The Morgan fingerprint density at radius 2 is 2.04 bits per heavy atom. The Balaban J connectivity index is 1.59. The minimum absolute atomic E-state index is 0.480. The Hall–Kier alpha value is -1.52. The Morgan fingerprint density at radius 1 is 1.21 bits per heavy atom. The maximum absolute atomic E-state index is 4.57. The van der Waals surface area contributed by atoms with Crippen LogP contribution in [0, 0.1) is 17.8 Å². The summed E-state index contributed by atoms with van der Waals surface area (Å²) in [6, 6.07) is 0.480. The zero-order valence-corrected chi connectivity index (χ0v) is 15.5. The largest absolute Gasteiger partial charge is 0.356 e. The van der Waals surface area contributed by atoms with Crippen LogP contribution in [-0.2, 0) is 0 Å². The predicted octanol–water partition coefficient (Wildman–Crippen LogP) is 3.17. The first-order chi connectivity index (χ1) is 11.7. The third kappa shape index (κ3) is 3.93. The van der Waals surface area contributed by atoms with Gasteiger partial charge >= 0.3 is 0 Å². The van der Waals surface area contributed by atoms with Gasteiger partial charge < -0.3 is 14.8 Å². The van der Waals surface area contributed by atoms with E-state index in [-0.39, 0.29) is 0 Å². The van der Waals surface area contributed by atoms with Gasteiger partial charge in [0.25, 0.3) is 0 Å². The monoisotopic (exact) mass is 331 g/mol. The minimum atomic E-state index is 0.480. The molecule has 24 heavy (non-hydrogen) atoms. The molecule has 2 heterocycles. The van der Waals surface area contributed by atoms with Gasteiger partial charge in [-0.2, -0.15) is 0 Å². The predicted molar refractivity (Wildman–Crippen MR) is 99.1 cm³/mol. The lowest BCUT2D eigenvalue weighted by atomic mass is 9.80. The molecule has 0 aromatic carbocycles. The molecule has 4 atom stereocenters. The Kier molecular flexibility index (Phi) is 5.80. The number of likely N-dealkylation sites (tertiary alicyclic amines) is 1. The molecule has 134 valence electrons. The van der Waals surface area contributed by atoms with E-state index in [0.29, 0.717) is 12.0 Å². The van der Waals surface area contributed by atoms with E-state index < -0.39 is 0 Å². The number of nitrogens with one attached hydrogen (secondary N) is 1. The van der Waals surface area contributed by atoms with Crippen molar-refractivity contribution in [3.63, 3.8) is 0 Å². The molecule has 1 aromatic rings. The first-order valence-corrected chi connectivity index (χ1v) is 9.62. The number of hydrogen-bond donors (Lipinski definition) is 1. The number of rotatable bonds is 3. The molecule has 0 radical (unpaired) electrons. The van der Waals surface area contributed by atoms with Crippen LogP contribution in [0.4, 0.5) is 0 Å². The van der Waals surface area contributed by atoms with Gasteiger partial charge in [-0.1, -0.05) is 33.1 Å². The SMILES string of the molecule is CN=C(NCC1CCCCC1C)N1CCC(C)C(n2ccnc2)C1. The van der Waals surface area contributed by atoms with Gasteiger partial charge in [0.1, 0.15) is 0 Å². The standard InChI is InChI=1S/C19H33N5/c1-15-6-4-5-7-17(15)12-22-19(20-3)23-10-8-16(2)18(13-23)24-11-9-21-14-24/h9,11,14-18H,4-8,10,12-13H2,1-3H3,(H,20,22). The van der Waals surface area contributed by atoms with Gasteiger partial charge in [-0.25, -0.2) is 4.98 Å². The Bertz CT molecular complexity index is 524. The van der Waals surface area contributed by atoms with Gasteiger partial charge in [-0.3, -0.25) is 4.99 Å². The fourth-order valence-corrected chi connectivity index (χ4v) is 4.35. The maximum atomic E-state index is 4.57. The van der Waals surface area contributed by atoms with Crippen molar-refractivity contribution in [2.45, 2.75) is 52.0 Å². The highest BCUT2D eigenvalue weighted by molar-refractivity contribution is 5.80. The molecular formula is C19H33N5. The van der Waals surface area contributed by atoms with Crippen LogP contribution in [0.3, 0.4) is 0 Å². The molecule has 1 N–H and O–H groups in total. The van der Waals surface area contributed by atoms with Crippen LogP contribution in [0.5, 0.6) is 0 Å². The number of aliphatic imine (C=N–C) groups is 1. The molecule has 1 saturated carbocycles. The summed E-state index contributed by atoms with van der Waals surface area (Å²) in [6.45, 7) is 7.92. The lowest BCUT2D eigenvalue weighted by Gasteiger charge is -2.40. The van der Waals surface area contributed by atoms with Gasteiger partial charge in [0.15, 0.2) is 5.96 Å². The topological polar surface area (TPSA) is 45.5 Å². The fraction of sp³-hybridized carbons (Fsp3) is 0.789. The zero-order valence-electron chi connectivity index (χ0n) is 15.5. The quantitative estimate of drug-likeness (QED) is 0.683. The Morgan fingerprint density at radius 3 is 2.75 bits per heavy atom. The van der Waals surface area contributed by atoms with Crippen LogP contribution in [0.1, 0.15) is 52.0 Å². The lowest BCUT2D eigenvalue weighted by Crippen LogP contribution is -2.50. The lowest BCUT2D eigenvalue weighted by molar-refractivity contribution is 0.186. The summed E-state index contributed by atoms with van der Waals surface area (Å²) >= 11 is 0. The van der Waals surface area contributed by atoms with Crippen LogP contribution < -0.4 is 5.32 Å². The molecule has 1 aliphatic heterocycles. The highest BCUT2D eigenvalue weighted by atomic mass is 15.3. The minimum Gasteiger partial charge on any atom is -0.356 e. The second kappa shape index (κ2) is 8.04. The molecule has 1 saturated heterocycles. The molecule has 2 aliphatic rings. The van der Waals surface area contributed by atoms with Crippen molar-refractivity contribution in [3.8, 4) is 0 Å². The summed E-state index contributed by atoms with van der Waals surface area (Å²) in [5.74, 6) is 3.38. The number of imidazole rings is 1. The van der Waals surface area contributed by atoms with E-state index in [9.17, 15) is 0 Å². The molecule has 4 unspecified atom stereocenters. The second-order valence-electron chi connectivity index (χ2n) is 7.74. The number of nitrogens with zero attached hydrogens (tertiary/aromatic N) is 4. The van der Waals surface area contributed by atoms with Gasteiger partial charge in [-0.05, 0) is 30.6 Å². The van der Waals surface area contributed by atoms with E-state index >= 15 is 0 Å². The van der Waals surface area contributed by atoms with Crippen LogP contribution in [0.2, 0.25) is 0 Å². The third-order valence-corrected chi connectivity index (χ3v) is 6.15. The van der Waals surface area contributed by atoms with Crippen molar-refractivity contribution >= 4 is 5.96 Å². The van der Waals surface area contributed by atoms with E-state index in [1.54, 1.807) is 0 Å². The van der Waals surface area contributed by atoms with E-state index in [0.717, 1.165) is 37.4 Å². The molecule has 1 aromatic heterocycles. The van der Waals surface area contributed by atoms with E-state index in [1.807, 2.05) is 19.6 Å². The van der Waals surface area contributed by atoms with Gasteiger partial charge in [0.2, 0.25) is 0 Å². The summed E-state index contributed by atoms with van der Waals surface area (Å²) in [6.07, 6.45) is 12.7. The molecule has 0 bridgehead atoms. The molecular weight excluding hydrogens is 298 g/mol. The first-order valence-electron chi connectivity index (χ1n) is 9.62. The highest BCUT2D eigenvalue weighted by Gasteiger charge is 2.29. The highest BCUT2D eigenvalue weighted by Crippen LogP contribution is 2.30. The van der Waals surface area contributed by atoms with Crippen molar-refractivity contribution < 1.29 is 0 Å². The summed E-state index contributed by atoms with van der Waals surface area (Å²) < 4.78 is 2.26. The van der Waals surface area contributed by atoms with Crippen molar-refractivity contribution in [3.05, 3.63) is 18.7 Å². The van der Waals surface area contributed by atoms with Crippen molar-refractivity contribution in [2.75, 3.05) is 26.7 Å². The van der Waals surface area contributed by atoms with Crippen molar-refractivity contribution in [1.29, 1.82) is 0 Å². The number of guanidine groups is 1. The molecule has 5 nitrogen and oxygen atoms in total. The van der Waals surface area contributed by atoms with Crippen LogP contribution in [0.25, 0.3) is 0 Å². The van der Waals surface area contributed by atoms with Crippen LogP contribution in [-0.4, -0.2) is 47.1 Å². The molecule has 3 rings (SSSR count). The normalized spacial score (nSPS) is 32.0. The molecule has 0 spiro atoms. The van der Waals surface area contributed by atoms with Crippen molar-refractivity contribution in [2.24, 2.45) is 22.7 Å². The van der Waals surface area contributed by atoms with E-state index in [2.05, 4.69) is 44.8 Å². The second-order valence-corrected chi connectivity index (χ2v) is 7.74. The molecule has 2 fully saturated rings. The first kappa shape index (κ1) is 17.3. The smallest absolute Gasteiger partial charge is 0.193 e. The van der Waals surface area contributed by atoms with Crippen LogP contribution >= 0.6 is 0 Å². The van der Waals surface area contributed by atoms with Gasteiger partial charge in [-0.15, -0.1) is 0 Å². The maximum Gasteiger partial charge on any atom is 0.193 e. The average molecular weight is 332 g/mol. The summed E-state index contributed by atoms with van der Waals surface area (Å²) in [4.78, 5) is 11.2. The van der Waals surface area contributed by atoms with Gasteiger partial charge in [0, 0.05) is 39.1 Å². The number of hydrogen-bond acceptors (Lipinski definition) is 2. The summed E-state index contributed by atoms with van der Waals surface area (Å²) in [7, 11) is 1.91. The van der Waals surface area contributed by atoms with Crippen LogP contribution in [0.15, 0.2) is 23.7 Å². The summed E-state index contributed by atoms with van der Waals surface area (Å²) in [5.41, 5.74) is 0. The van der Waals surface area contributed by atoms with E-state index in [1.165, 1.54) is 32.1 Å². The third-order valence-electron chi connectivity index (χ3n) is 6.15. The van der Waals surface area contributed by atoms with Gasteiger partial charge in [0.05, 0.1) is 12.4 Å². The van der Waals surface area contributed by atoms with Crippen molar-refractivity contribution in [1.82, 2.24) is 19.8 Å². The Labute approximate surface area is 146 Å². The molecule has 5 heteroatoms. The zero-order chi connectivity index (χ0) is 16.9. The van der Waals surface area contributed by atoms with E-state index in [4.69, 9.17) is 0 Å². The fourth-order valence-electron chi connectivity index (χ4n) is 4.35. The number of piperidine rings is 1. The number of aromatic nitrogens is 2.